The molecule has 3 N–H and O–H groups in total. The highest BCUT2D eigenvalue weighted by molar-refractivity contribution is 5.82. The number of benzene rings is 1. The highest BCUT2D eigenvalue weighted by atomic mass is 16.4. The second-order valence-electron chi connectivity index (χ2n) is 6.77. The third-order valence-corrected chi connectivity index (χ3v) is 4.69. The molecule has 0 saturated carbocycles. The van der Waals surface area contributed by atoms with Gasteiger partial charge in [-0.15, -0.1) is 0 Å². The number of fused-ring (bicyclic) bond motifs is 1. The zero-order chi connectivity index (χ0) is 21.8. The molecule has 0 aliphatic carbocycles. The molecule has 0 aliphatic heterocycles. The van der Waals surface area contributed by atoms with Gasteiger partial charge in [-0.2, -0.15) is 4.98 Å². The van der Waals surface area contributed by atoms with Crippen LogP contribution in [0.5, 0.6) is 0 Å². The minimum Gasteiger partial charge on any atom is -0.481 e. The van der Waals surface area contributed by atoms with Crippen molar-refractivity contribution >= 4 is 29.0 Å². The van der Waals surface area contributed by atoms with Gasteiger partial charge >= 0.3 is 11.7 Å². The molecule has 11 heteroatoms. The molecule has 0 bridgehead atoms. The molecular weight excluding hydrogens is 392 g/mol. The number of nitrogens with one attached hydrogen (secondary N) is 2. The summed E-state index contributed by atoms with van der Waals surface area (Å²) in [5.41, 5.74) is 5.46. The zero-order valence-electron chi connectivity index (χ0n) is 16.6. The molecule has 158 valence electrons. The highest BCUT2D eigenvalue weighted by Gasteiger charge is 2.19. The lowest BCUT2D eigenvalue weighted by Crippen LogP contribution is -2.37. The number of rotatable bonds is 8. The molecule has 30 heavy (non-hydrogen) atoms. The topological polar surface area (TPSA) is 140 Å². The highest BCUT2D eigenvalue weighted by Crippen LogP contribution is 2.16. The fourth-order valence-electron chi connectivity index (χ4n) is 3.05. The summed E-state index contributed by atoms with van der Waals surface area (Å²) in [4.78, 5) is 51.8. The van der Waals surface area contributed by atoms with E-state index in [0.717, 1.165) is 10.1 Å². The van der Waals surface area contributed by atoms with Crippen molar-refractivity contribution in [3.63, 3.8) is 0 Å². The third kappa shape index (κ3) is 4.24. The molecule has 0 spiro atoms. The Kier molecular flexibility index (Phi) is 6.00. The van der Waals surface area contributed by atoms with E-state index in [4.69, 9.17) is 5.11 Å². The minimum absolute atomic E-state index is 0.169. The SMILES string of the molecule is Cn1c(=O)c2c(nc(NNC(=O)CCC(=O)O)n2CCc2ccccc2)n(C)c1=O. The third-order valence-electron chi connectivity index (χ3n) is 4.69. The van der Waals surface area contributed by atoms with Gasteiger partial charge < -0.3 is 9.67 Å². The van der Waals surface area contributed by atoms with Crippen LogP contribution in [0.15, 0.2) is 39.9 Å². The van der Waals surface area contributed by atoms with Crippen molar-refractivity contribution in [1.82, 2.24) is 24.1 Å². The van der Waals surface area contributed by atoms with Crippen LogP contribution in [0.4, 0.5) is 5.95 Å². The van der Waals surface area contributed by atoms with Crippen LogP contribution < -0.4 is 22.1 Å². The largest absolute Gasteiger partial charge is 0.481 e. The number of imidazole rings is 1. The Morgan fingerprint density at radius 1 is 1.07 bits per heavy atom. The van der Waals surface area contributed by atoms with Gasteiger partial charge in [-0.1, -0.05) is 30.3 Å². The lowest BCUT2D eigenvalue weighted by molar-refractivity contribution is -0.138. The molecule has 3 rings (SSSR count). The van der Waals surface area contributed by atoms with Gasteiger partial charge in [0.05, 0.1) is 6.42 Å². The van der Waals surface area contributed by atoms with Crippen LogP contribution in [-0.4, -0.2) is 35.7 Å². The van der Waals surface area contributed by atoms with Gasteiger partial charge in [0.2, 0.25) is 11.9 Å². The van der Waals surface area contributed by atoms with Gasteiger partial charge in [0, 0.05) is 27.1 Å². The Morgan fingerprint density at radius 3 is 2.43 bits per heavy atom. The van der Waals surface area contributed by atoms with Gasteiger partial charge in [0.15, 0.2) is 11.2 Å². The van der Waals surface area contributed by atoms with Crippen LogP contribution in [0.2, 0.25) is 0 Å². The summed E-state index contributed by atoms with van der Waals surface area (Å²) in [6.45, 7) is 0.362. The molecule has 2 aromatic heterocycles. The number of aryl methyl sites for hydroxylation is 3. The van der Waals surface area contributed by atoms with E-state index in [0.29, 0.717) is 13.0 Å². The van der Waals surface area contributed by atoms with Gasteiger partial charge in [-0.05, 0) is 12.0 Å². The molecule has 0 radical (unpaired) electrons. The number of amides is 1. The molecule has 0 fully saturated rings. The van der Waals surface area contributed by atoms with Crippen molar-refractivity contribution < 1.29 is 14.7 Å². The number of anilines is 1. The molecule has 0 atom stereocenters. The van der Waals surface area contributed by atoms with E-state index < -0.39 is 23.1 Å². The van der Waals surface area contributed by atoms with Crippen molar-refractivity contribution in [2.24, 2.45) is 14.1 Å². The van der Waals surface area contributed by atoms with Crippen LogP contribution in [0.3, 0.4) is 0 Å². The lowest BCUT2D eigenvalue weighted by Gasteiger charge is -2.11. The van der Waals surface area contributed by atoms with Gasteiger partial charge in [0.25, 0.3) is 5.56 Å². The predicted octanol–water partition coefficient (Wildman–Crippen LogP) is -0.0157. The average Bonchev–Trinajstić information content (AvgIpc) is 3.11. The first-order valence-corrected chi connectivity index (χ1v) is 9.26. The second kappa shape index (κ2) is 8.64. The molecule has 0 saturated heterocycles. The number of aliphatic carboxylic acids is 1. The van der Waals surface area contributed by atoms with Crippen LogP contribution in [0.25, 0.3) is 11.2 Å². The monoisotopic (exact) mass is 414 g/mol. The molecule has 2 heterocycles. The van der Waals surface area contributed by atoms with Crippen LogP contribution in [-0.2, 0) is 36.6 Å². The Hall–Kier alpha value is -3.89. The van der Waals surface area contributed by atoms with Crippen molar-refractivity contribution in [3.8, 4) is 0 Å². The standard InChI is InChI=1S/C19H22N6O5/c1-23-16-15(17(29)24(2)19(23)30)25(11-10-12-6-4-3-5-7-12)18(20-16)22-21-13(26)8-9-14(27)28/h3-7H,8-11H2,1-2H3,(H,20,22)(H,21,26)(H,27,28). The smallest absolute Gasteiger partial charge is 0.332 e. The maximum absolute atomic E-state index is 12.8. The van der Waals surface area contributed by atoms with Crippen LogP contribution in [0, 0.1) is 0 Å². The molecule has 0 aliphatic rings. The van der Waals surface area contributed by atoms with Crippen molar-refractivity contribution in [3.05, 3.63) is 56.7 Å². The molecular formula is C19H22N6O5. The van der Waals surface area contributed by atoms with Gasteiger partial charge in [-0.25, -0.2) is 4.79 Å². The van der Waals surface area contributed by atoms with E-state index >= 15 is 0 Å². The summed E-state index contributed by atoms with van der Waals surface area (Å²) in [6, 6.07) is 9.63. The fourth-order valence-corrected chi connectivity index (χ4v) is 3.05. The van der Waals surface area contributed by atoms with Crippen LogP contribution in [0.1, 0.15) is 18.4 Å². The number of nitrogens with zero attached hydrogens (tertiary/aromatic N) is 4. The van der Waals surface area contributed by atoms with E-state index in [2.05, 4.69) is 15.8 Å². The second-order valence-corrected chi connectivity index (χ2v) is 6.77. The molecule has 0 unspecified atom stereocenters. The zero-order valence-corrected chi connectivity index (χ0v) is 16.6. The lowest BCUT2D eigenvalue weighted by atomic mass is 10.1. The van der Waals surface area contributed by atoms with E-state index in [9.17, 15) is 19.2 Å². The molecule has 11 nitrogen and oxygen atoms in total. The first kappa shape index (κ1) is 20.8. The Morgan fingerprint density at radius 2 is 1.77 bits per heavy atom. The number of hydrogen-bond acceptors (Lipinski definition) is 6. The summed E-state index contributed by atoms with van der Waals surface area (Å²) in [5, 5.41) is 8.69. The first-order chi connectivity index (χ1) is 14.3. The van der Waals surface area contributed by atoms with Crippen LogP contribution >= 0.6 is 0 Å². The molecule has 3 aromatic rings. The maximum Gasteiger partial charge on any atom is 0.332 e. The molecule has 1 amide bonds. The van der Waals surface area contributed by atoms with Crippen molar-refractivity contribution in [1.29, 1.82) is 0 Å². The van der Waals surface area contributed by atoms with E-state index in [1.54, 1.807) is 4.57 Å². The predicted molar refractivity (Wildman–Crippen MR) is 109 cm³/mol. The van der Waals surface area contributed by atoms with E-state index in [1.165, 1.54) is 18.7 Å². The van der Waals surface area contributed by atoms with E-state index in [1.807, 2.05) is 30.3 Å². The number of hydrogen-bond donors (Lipinski definition) is 3. The average molecular weight is 414 g/mol. The number of carboxylic acids is 1. The summed E-state index contributed by atoms with van der Waals surface area (Å²) in [6.07, 6.45) is 0.0553. The molecule has 1 aromatic carbocycles. The number of carbonyl (C=O) groups is 2. The summed E-state index contributed by atoms with van der Waals surface area (Å²) >= 11 is 0. The van der Waals surface area contributed by atoms with Gasteiger partial charge in [0.1, 0.15) is 0 Å². The minimum atomic E-state index is -1.08. The van der Waals surface area contributed by atoms with Crippen molar-refractivity contribution in [2.75, 3.05) is 5.43 Å². The normalized spacial score (nSPS) is 10.9. The fraction of sp³-hybridized carbons (Fsp3) is 0.316. The summed E-state index contributed by atoms with van der Waals surface area (Å²) in [5.74, 6) is -1.46. The Balaban J connectivity index is 1.97. The van der Waals surface area contributed by atoms with Crippen molar-refractivity contribution in [2.45, 2.75) is 25.8 Å². The quantitative estimate of drug-likeness (QED) is 0.440. The number of carbonyl (C=O) groups excluding carboxylic acids is 1. The summed E-state index contributed by atoms with van der Waals surface area (Å²) in [7, 11) is 2.90. The summed E-state index contributed by atoms with van der Waals surface area (Å²) < 4.78 is 3.85. The first-order valence-electron chi connectivity index (χ1n) is 9.26. The number of carboxylic acid groups (broad SMARTS) is 1. The number of hydrazine groups is 1. The Labute approximate surface area is 170 Å². The maximum atomic E-state index is 12.8. The van der Waals surface area contributed by atoms with E-state index in [-0.39, 0.29) is 30.0 Å². The number of aromatic nitrogens is 4. The Bertz CT molecular complexity index is 1210. The van der Waals surface area contributed by atoms with Gasteiger partial charge in [-0.3, -0.25) is 34.4 Å².